The summed E-state index contributed by atoms with van der Waals surface area (Å²) in [5.74, 6) is 0.637. The van der Waals surface area contributed by atoms with Crippen LogP contribution in [0.4, 0.5) is 0 Å². The maximum atomic E-state index is 2.31. The predicted molar refractivity (Wildman–Crippen MR) is 77.5 cm³/mol. The molecule has 0 aromatic heterocycles. The zero-order valence-electron chi connectivity index (χ0n) is 11.6. The molecule has 0 heterocycles. The van der Waals surface area contributed by atoms with Gasteiger partial charge in [0.15, 0.2) is 0 Å². The molecule has 17 heavy (non-hydrogen) atoms. The molecule has 0 N–H and O–H groups in total. The van der Waals surface area contributed by atoms with Crippen LogP contribution < -0.4 is 0 Å². The van der Waals surface area contributed by atoms with E-state index in [4.69, 9.17) is 0 Å². The Balaban J connectivity index is 2.51. The third kappa shape index (κ3) is 5.21. The van der Waals surface area contributed by atoms with E-state index in [0.29, 0.717) is 5.92 Å². The molecule has 1 rings (SSSR count). The van der Waals surface area contributed by atoms with Gasteiger partial charge in [-0.05, 0) is 42.7 Å². The Morgan fingerprint density at radius 3 is 2.35 bits per heavy atom. The summed E-state index contributed by atoms with van der Waals surface area (Å²) < 4.78 is 0. The van der Waals surface area contributed by atoms with E-state index in [1.54, 1.807) is 0 Å². The SMILES string of the molecule is CC/C=C\CC(C)c1ccc(CCCC)cc1. The maximum absolute atomic E-state index is 2.31. The second-order valence-corrected chi connectivity index (χ2v) is 4.86. The van der Waals surface area contributed by atoms with Gasteiger partial charge in [0.05, 0.1) is 0 Å². The van der Waals surface area contributed by atoms with Crippen molar-refractivity contribution in [3.05, 3.63) is 47.5 Å². The van der Waals surface area contributed by atoms with Crippen molar-refractivity contribution in [3.8, 4) is 0 Å². The van der Waals surface area contributed by atoms with Crippen molar-refractivity contribution in [2.24, 2.45) is 0 Å². The first kappa shape index (κ1) is 14.0. The molecule has 94 valence electrons. The fraction of sp³-hybridized carbons (Fsp3) is 0.529. The zero-order valence-corrected chi connectivity index (χ0v) is 11.6. The molecule has 1 unspecified atom stereocenters. The fourth-order valence-corrected chi connectivity index (χ4v) is 2.00. The van der Waals surface area contributed by atoms with Crippen molar-refractivity contribution in [1.82, 2.24) is 0 Å². The van der Waals surface area contributed by atoms with Crippen molar-refractivity contribution in [3.63, 3.8) is 0 Å². The standard InChI is InChI=1S/C17H26/c1-4-6-8-9-15(3)17-13-11-16(12-14-17)10-7-5-2/h6,8,11-15H,4-5,7,9-10H2,1-3H3/b8-6-. The first-order chi connectivity index (χ1) is 8.27. The smallest absolute Gasteiger partial charge is 0.0156 e. The summed E-state index contributed by atoms with van der Waals surface area (Å²) >= 11 is 0. The Morgan fingerprint density at radius 1 is 1.06 bits per heavy atom. The van der Waals surface area contributed by atoms with Crippen LogP contribution in [0.1, 0.15) is 63.5 Å². The van der Waals surface area contributed by atoms with Gasteiger partial charge in [-0.1, -0.05) is 63.6 Å². The molecule has 1 atom stereocenters. The van der Waals surface area contributed by atoms with Crippen LogP contribution in [-0.2, 0) is 6.42 Å². The summed E-state index contributed by atoms with van der Waals surface area (Å²) in [4.78, 5) is 0. The van der Waals surface area contributed by atoms with Gasteiger partial charge < -0.3 is 0 Å². The topological polar surface area (TPSA) is 0 Å². The molecule has 0 fully saturated rings. The van der Waals surface area contributed by atoms with E-state index >= 15 is 0 Å². The second kappa shape index (κ2) is 8.11. The highest BCUT2D eigenvalue weighted by Crippen LogP contribution is 2.20. The van der Waals surface area contributed by atoms with E-state index in [0.717, 1.165) is 12.8 Å². The number of aryl methyl sites for hydroxylation is 1. The monoisotopic (exact) mass is 230 g/mol. The van der Waals surface area contributed by atoms with Gasteiger partial charge in [-0.15, -0.1) is 0 Å². The number of allylic oxidation sites excluding steroid dienone is 2. The van der Waals surface area contributed by atoms with Crippen molar-refractivity contribution in [2.45, 2.75) is 58.8 Å². The largest absolute Gasteiger partial charge is 0.0888 e. The molecule has 0 aliphatic heterocycles. The van der Waals surface area contributed by atoms with Gasteiger partial charge in [0.1, 0.15) is 0 Å². The number of rotatable bonds is 7. The van der Waals surface area contributed by atoms with Crippen molar-refractivity contribution >= 4 is 0 Å². The molecule has 0 bridgehead atoms. The van der Waals surface area contributed by atoms with Crippen molar-refractivity contribution in [2.75, 3.05) is 0 Å². The minimum Gasteiger partial charge on any atom is -0.0888 e. The summed E-state index contributed by atoms with van der Waals surface area (Å²) in [6.45, 7) is 6.74. The summed E-state index contributed by atoms with van der Waals surface area (Å²) in [6, 6.07) is 9.20. The van der Waals surface area contributed by atoms with E-state index in [9.17, 15) is 0 Å². The highest BCUT2D eigenvalue weighted by molar-refractivity contribution is 5.25. The minimum atomic E-state index is 0.637. The lowest BCUT2D eigenvalue weighted by atomic mass is 9.95. The van der Waals surface area contributed by atoms with E-state index < -0.39 is 0 Å². The Morgan fingerprint density at radius 2 is 1.76 bits per heavy atom. The second-order valence-electron chi connectivity index (χ2n) is 4.86. The van der Waals surface area contributed by atoms with Crippen LogP contribution in [0.25, 0.3) is 0 Å². The molecule has 0 amide bonds. The van der Waals surface area contributed by atoms with Crippen LogP contribution in [-0.4, -0.2) is 0 Å². The van der Waals surface area contributed by atoms with Crippen LogP contribution in [0, 0.1) is 0 Å². The molecular formula is C17H26. The Labute approximate surface area is 107 Å². The van der Waals surface area contributed by atoms with Gasteiger partial charge in [0.25, 0.3) is 0 Å². The third-order valence-electron chi connectivity index (χ3n) is 3.26. The number of unbranched alkanes of at least 4 members (excludes halogenated alkanes) is 1. The van der Waals surface area contributed by atoms with Crippen LogP contribution in [0.15, 0.2) is 36.4 Å². The zero-order chi connectivity index (χ0) is 12.5. The molecule has 0 heteroatoms. The lowest BCUT2D eigenvalue weighted by Gasteiger charge is -2.10. The highest BCUT2D eigenvalue weighted by atomic mass is 14.1. The van der Waals surface area contributed by atoms with Gasteiger partial charge in [0.2, 0.25) is 0 Å². The van der Waals surface area contributed by atoms with Gasteiger partial charge >= 0.3 is 0 Å². The van der Waals surface area contributed by atoms with E-state index in [1.807, 2.05) is 0 Å². The first-order valence-electron chi connectivity index (χ1n) is 7.01. The highest BCUT2D eigenvalue weighted by Gasteiger charge is 2.03. The van der Waals surface area contributed by atoms with Crippen LogP contribution in [0.5, 0.6) is 0 Å². The van der Waals surface area contributed by atoms with Gasteiger partial charge in [-0.25, -0.2) is 0 Å². The average molecular weight is 230 g/mol. The minimum absolute atomic E-state index is 0.637. The van der Waals surface area contributed by atoms with Crippen molar-refractivity contribution < 1.29 is 0 Å². The maximum Gasteiger partial charge on any atom is -0.0156 e. The molecule has 0 aliphatic rings. The lowest BCUT2D eigenvalue weighted by molar-refractivity contribution is 0.772. The van der Waals surface area contributed by atoms with E-state index in [-0.39, 0.29) is 0 Å². The molecule has 0 saturated heterocycles. The molecule has 0 radical (unpaired) electrons. The predicted octanol–water partition coefficient (Wildman–Crippen LogP) is 5.49. The molecule has 0 nitrogen and oxygen atoms in total. The summed E-state index contributed by atoms with van der Waals surface area (Å²) in [5, 5.41) is 0. The van der Waals surface area contributed by atoms with Crippen LogP contribution in [0.3, 0.4) is 0 Å². The lowest BCUT2D eigenvalue weighted by Crippen LogP contribution is -1.93. The average Bonchev–Trinajstić information content (AvgIpc) is 2.37. The fourth-order valence-electron chi connectivity index (χ4n) is 2.00. The molecule has 1 aromatic carbocycles. The van der Waals surface area contributed by atoms with Crippen LogP contribution >= 0.6 is 0 Å². The number of hydrogen-bond acceptors (Lipinski definition) is 0. The third-order valence-corrected chi connectivity index (χ3v) is 3.26. The summed E-state index contributed by atoms with van der Waals surface area (Å²) in [5.41, 5.74) is 2.94. The van der Waals surface area contributed by atoms with Gasteiger partial charge in [-0.3, -0.25) is 0 Å². The molecule has 0 spiro atoms. The number of hydrogen-bond donors (Lipinski definition) is 0. The molecule has 0 saturated carbocycles. The molecular weight excluding hydrogens is 204 g/mol. The van der Waals surface area contributed by atoms with E-state index in [1.165, 1.54) is 30.4 Å². The van der Waals surface area contributed by atoms with Gasteiger partial charge in [0, 0.05) is 0 Å². The first-order valence-corrected chi connectivity index (χ1v) is 7.01. The Kier molecular flexibility index (Phi) is 6.69. The van der Waals surface area contributed by atoms with Crippen molar-refractivity contribution in [1.29, 1.82) is 0 Å². The Bertz CT molecular complexity index is 318. The Hall–Kier alpha value is -1.04. The van der Waals surface area contributed by atoms with Gasteiger partial charge in [-0.2, -0.15) is 0 Å². The molecule has 1 aromatic rings. The number of benzene rings is 1. The molecule has 0 aliphatic carbocycles. The van der Waals surface area contributed by atoms with Crippen LogP contribution in [0.2, 0.25) is 0 Å². The quantitative estimate of drug-likeness (QED) is 0.543. The summed E-state index contributed by atoms with van der Waals surface area (Å²) in [6.07, 6.45) is 10.7. The van der Waals surface area contributed by atoms with E-state index in [2.05, 4.69) is 57.2 Å². The summed E-state index contributed by atoms with van der Waals surface area (Å²) in [7, 11) is 0. The normalized spacial score (nSPS) is 13.1.